The molecule has 0 radical (unpaired) electrons. The average Bonchev–Trinajstić information content (AvgIpc) is 2.31. The lowest BCUT2D eigenvalue weighted by Gasteiger charge is -2.27. The molecule has 1 unspecified atom stereocenters. The summed E-state index contributed by atoms with van der Waals surface area (Å²) in [4.78, 5) is 2.51. The Bertz CT molecular complexity index is 159. The lowest BCUT2D eigenvalue weighted by Crippen LogP contribution is -2.33. The second-order valence-corrected chi connectivity index (χ2v) is 6.11. The van der Waals surface area contributed by atoms with E-state index in [1.54, 1.807) is 0 Å². The van der Waals surface area contributed by atoms with Crippen LogP contribution in [0, 0.1) is 5.92 Å². The molecule has 2 heteroatoms. The van der Waals surface area contributed by atoms with E-state index in [9.17, 15) is 0 Å². The van der Waals surface area contributed by atoms with Crippen LogP contribution in [0.25, 0.3) is 0 Å². The van der Waals surface area contributed by atoms with E-state index in [1.807, 2.05) is 0 Å². The van der Waals surface area contributed by atoms with Gasteiger partial charge in [-0.3, -0.25) is 0 Å². The predicted octanol–water partition coefficient (Wildman–Crippen LogP) is 4.62. The summed E-state index contributed by atoms with van der Waals surface area (Å²) in [6, 6.07) is 0.713. The molecule has 104 valence electrons. The third kappa shape index (κ3) is 9.96. The first-order chi connectivity index (χ1) is 8.09. The van der Waals surface area contributed by atoms with Crippen LogP contribution < -0.4 is 0 Å². The molecule has 0 saturated heterocycles. The second-order valence-electron chi connectivity index (χ2n) is 5.66. The number of rotatable bonds is 11. The molecule has 0 aliphatic heterocycles. The van der Waals surface area contributed by atoms with Gasteiger partial charge in [-0.2, -0.15) is 12.6 Å². The smallest absolute Gasteiger partial charge is 0.00868 e. The van der Waals surface area contributed by atoms with Gasteiger partial charge in [0.25, 0.3) is 0 Å². The van der Waals surface area contributed by atoms with Gasteiger partial charge in [0.1, 0.15) is 0 Å². The molecule has 17 heavy (non-hydrogen) atoms. The first-order valence-electron chi connectivity index (χ1n) is 7.40. The molecule has 0 fully saturated rings. The number of unbranched alkanes of at least 4 members (excludes halogenated alkanes) is 6. The van der Waals surface area contributed by atoms with Crippen molar-refractivity contribution in [3.63, 3.8) is 0 Å². The fraction of sp³-hybridized carbons (Fsp3) is 1.00. The molecule has 0 rings (SSSR count). The summed E-state index contributed by atoms with van der Waals surface area (Å²) < 4.78 is 0. The van der Waals surface area contributed by atoms with E-state index in [0.717, 1.165) is 11.7 Å². The van der Waals surface area contributed by atoms with Gasteiger partial charge in [-0.25, -0.2) is 0 Å². The van der Waals surface area contributed by atoms with E-state index >= 15 is 0 Å². The van der Waals surface area contributed by atoms with Gasteiger partial charge in [0.05, 0.1) is 0 Å². The molecular formula is C15H33NS. The van der Waals surface area contributed by atoms with Crippen LogP contribution in [-0.4, -0.2) is 30.3 Å². The van der Waals surface area contributed by atoms with Crippen LogP contribution in [-0.2, 0) is 0 Å². The normalized spacial score (nSPS) is 13.6. The molecular weight excluding hydrogens is 226 g/mol. The van der Waals surface area contributed by atoms with Gasteiger partial charge in [-0.05, 0) is 45.0 Å². The van der Waals surface area contributed by atoms with E-state index in [4.69, 9.17) is 0 Å². The Balaban J connectivity index is 3.27. The zero-order valence-corrected chi connectivity index (χ0v) is 13.3. The summed E-state index contributed by atoms with van der Waals surface area (Å²) in [6.45, 7) is 8.21. The zero-order valence-electron chi connectivity index (χ0n) is 12.4. The molecule has 0 aromatic heterocycles. The SMILES string of the molecule is CC(C)C(C)N(C)CCCCCCCCCS. The maximum absolute atomic E-state index is 4.23. The van der Waals surface area contributed by atoms with Crippen molar-refractivity contribution in [2.24, 2.45) is 5.92 Å². The average molecular weight is 260 g/mol. The Labute approximate surface area is 115 Å². The molecule has 0 saturated carbocycles. The van der Waals surface area contributed by atoms with Gasteiger partial charge in [0.2, 0.25) is 0 Å². The fourth-order valence-electron chi connectivity index (χ4n) is 2.07. The quantitative estimate of drug-likeness (QED) is 0.418. The largest absolute Gasteiger partial charge is 0.303 e. The Morgan fingerprint density at radius 3 is 1.76 bits per heavy atom. The molecule has 0 aliphatic carbocycles. The van der Waals surface area contributed by atoms with Crippen LogP contribution in [0.15, 0.2) is 0 Å². The highest BCUT2D eigenvalue weighted by Crippen LogP contribution is 2.11. The van der Waals surface area contributed by atoms with Gasteiger partial charge in [0, 0.05) is 6.04 Å². The third-order valence-electron chi connectivity index (χ3n) is 3.83. The molecule has 0 heterocycles. The number of hydrogen-bond donors (Lipinski definition) is 1. The van der Waals surface area contributed by atoms with Crippen molar-refractivity contribution in [1.29, 1.82) is 0 Å². The number of nitrogens with zero attached hydrogens (tertiary/aromatic N) is 1. The summed E-state index contributed by atoms with van der Waals surface area (Å²) in [5, 5.41) is 0. The Hall–Kier alpha value is 0.310. The number of hydrogen-bond acceptors (Lipinski definition) is 2. The molecule has 0 N–H and O–H groups in total. The predicted molar refractivity (Wildman–Crippen MR) is 83.1 cm³/mol. The lowest BCUT2D eigenvalue weighted by atomic mass is 10.0. The molecule has 0 aromatic rings. The summed E-state index contributed by atoms with van der Waals surface area (Å²) >= 11 is 4.23. The molecule has 0 bridgehead atoms. The highest BCUT2D eigenvalue weighted by atomic mass is 32.1. The van der Waals surface area contributed by atoms with Crippen LogP contribution >= 0.6 is 12.6 Å². The first kappa shape index (κ1) is 17.3. The van der Waals surface area contributed by atoms with Crippen molar-refractivity contribution in [2.75, 3.05) is 19.3 Å². The van der Waals surface area contributed by atoms with Crippen LogP contribution in [0.1, 0.15) is 65.7 Å². The minimum atomic E-state index is 0.713. The minimum absolute atomic E-state index is 0.713. The summed E-state index contributed by atoms with van der Waals surface area (Å²) in [7, 11) is 2.26. The molecule has 1 atom stereocenters. The van der Waals surface area contributed by atoms with Crippen LogP contribution in [0.4, 0.5) is 0 Å². The summed E-state index contributed by atoms with van der Waals surface area (Å²) in [5.41, 5.74) is 0. The lowest BCUT2D eigenvalue weighted by molar-refractivity contribution is 0.204. The van der Waals surface area contributed by atoms with E-state index < -0.39 is 0 Å². The minimum Gasteiger partial charge on any atom is -0.303 e. The second kappa shape index (κ2) is 11.4. The van der Waals surface area contributed by atoms with E-state index in [0.29, 0.717) is 6.04 Å². The van der Waals surface area contributed by atoms with Gasteiger partial charge in [0.15, 0.2) is 0 Å². The highest BCUT2D eigenvalue weighted by molar-refractivity contribution is 7.80. The summed E-state index contributed by atoms with van der Waals surface area (Å²) in [6.07, 6.45) is 9.65. The van der Waals surface area contributed by atoms with Crippen LogP contribution in [0.5, 0.6) is 0 Å². The van der Waals surface area contributed by atoms with Gasteiger partial charge >= 0.3 is 0 Å². The molecule has 1 nitrogen and oxygen atoms in total. The topological polar surface area (TPSA) is 3.24 Å². The number of thiol groups is 1. The van der Waals surface area contributed by atoms with Gasteiger partial charge in [-0.1, -0.05) is 46.0 Å². The van der Waals surface area contributed by atoms with Crippen molar-refractivity contribution in [3.05, 3.63) is 0 Å². The standard InChI is InChI=1S/C15H33NS/c1-14(2)15(3)16(4)12-10-8-6-5-7-9-11-13-17/h14-15,17H,5-13H2,1-4H3. The Morgan fingerprint density at radius 1 is 0.824 bits per heavy atom. The van der Waals surface area contributed by atoms with Crippen molar-refractivity contribution in [1.82, 2.24) is 4.90 Å². The van der Waals surface area contributed by atoms with Crippen LogP contribution in [0.2, 0.25) is 0 Å². The fourth-order valence-corrected chi connectivity index (χ4v) is 2.29. The Morgan fingerprint density at radius 2 is 1.29 bits per heavy atom. The highest BCUT2D eigenvalue weighted by Gasteiger charge is 2.11. The Kier molecular flexibility index (Phi) is 11.6. The maximum atomic E-state index is 4.23. The third-order valence-corrected chi connectivity index (χ3v) is 4.15. The van der Waals surface area contributed by atoms with Crippen molar-refractivity contribution in [3.8, 4) is 0 Å². The molecule has 0 aliphatic rings. The van der Waals surface area contributed by atoms with Gasteiger partial charge in [-0.15, -0.1) is 0 Å². The van der Waals surface area contributed by atoms with Crippen LogP contribution in [0.3, 0.4) is 0 Å². The zero-order chi connectivity index (χ0) is 13.1. The van der Waals surface area contributed by atoms with Crippen molar-refractivity contribution >= 4 is 12.6 Å². The van der Waals surface area contributed by atoms with Gasteiger partial charge < -0.3 is 4.90 Å². The molecule has 0 aromatic carbocycles. The van der Waals surface area contributed by atoms with Crippen molar-refractivity contribution in [2.45, 2.75) is 71.8 Å². The van der Waals surface area contributed by atoms with Crippen molar-refractivity contribution < 1.29 is 0 Å². The molecule has 0 amide bonds. The van der Waals surface area contributed by atoms with E-state index in [2.05, 4.69) is 45.3 Å². The summed E-state index contributed by atoms with van der Waals surface area (Å²) in [5.74, 6) is 1.82. The molecule has 0 spiro atoms. The van der Waals surface area contributed by atoms with E-state index in [1.165, 1.54) is 51.5 Å². The van der Waals surface area contributed by atoms with E-state index in [-0.39, 0.29) is 0 Å². The monoisotopic (exact) mass is 259 g/mol. The first-order valence-corrected chi connectivity index (χ1v) is 8.04. The maximum Gasteiger partial charge on any atom is 0.00868 e.